The molecule has 2 atom stereocenters. The normalized spacial score (nSPS) is 24.1. The van der Waals surface area contributed by atoms with Gasteiger partial charge in [0.05, 0.1) is 12.5 Å². The van der Waals surface area contributed by atoms with Crippen LogP contribution in [-0.4, -0.2) is 77.6 Å². The van der Waals surface area contributed by atoms with Gasteiger partial charge in [-0.05, 0) is 19.8 Å². The molecule has 3 aliphatic rings. The molecule has 0 spiro atoms. The van der Waals surface area contributed by atoms with E-state index in [9.17, 15) is 14.7 Å². The number of carboxylic acids is 1. The van der Waals surface area contributed by atoms with Crippen molar-refractivity contribution in [2.75, 3.05) is 60.9 Å². The van der Waals surface area contributed by atoms with Crippen LogP contribution in [0.3, 0.4) is 0 Å². The summed E-state index contributed by atoms with van der Waals surface area (Å²) in [6.45, 7) is 6.79. The van der Waals surface area contributed by atoms with Gasteiger partial charge in [0.15, 0.2) is 12.1 Å². The van der Waals surface area contributed by atoms with Gasteiger partial charge in [-0.3, -0.25) is 19.1 Å². The molecule has 0 radical (unpaired) electrons. The molecular weight excluding hydrogens is 386 g/mol. The number of anilines is 3. The van der Waals surface area contributed by atoms with E-state index in [1.165, 1.54) is 4.57 Å². The Labute approximate surface area is 175 Å². The standard InChI is InChI=1S/C20H29N7O3/c1-3-4-10-27-15-16(23-20(27)25-11-7-21-8-12-25)22-19(24(2)17(15)28)26-9-5-6-14(13-26)18(29)30/h14,20-21,23H,5-13H2,1-2H3,(H,29,30). The number of carbonyl (C=O) groups is 1. The van der Waals surface area contributed by atoms with Crippen LogP contribution in [0, 0.1) is 17.8 Å². The molecule has 0 saturated carbocycles. The van der Waals surface area contributed by atoms with Crippen molar-refractivity contribution in [3.8, 4) is 11.8 Å². The van der Waals surface area contributed by atoms with Crippen LogP contribution in [0.15, 0.2) is 4.79 Å². The van der Waals surface area contributed by atoms with Crippen LogP contribution < -0.4 is 26.0 Å². The largest absolute Gasteiger partial charge is 0.481 e. The van der Waals surface area contributed by atoms with Crippen molar-refractivity contribution in [3.05, 3.63) is 10.4 Å². The highest BCUT2D eigenvalue weighted by Crippen LogP contribution is 2.33. The van der Waals surface area contributed by atoms with Gasteiger partial charge in [-0.1, -0.05) is 5.92 Å². The van der Waals surface area contributed by atoms with Crippen molar-refractivity contribution < 1.29 is 9.90 Å². The van der Waals surface area contributed by atoms with Crippen molar-refractivity contribution in [1.29, 1.82) is 0 Å². The average Bonchev–Trinajstić information content (AvgIpc) is 3.14. The van der Waals surface area contributed by atoms with Crippen LogP contribution in [0.4, 0.5) is 17.5 Å². The first-order chi connectivity index (χ1) is 14.5. The molecule has 2 fully saturated rings. The number of piperazine rings is 1. The van der Waals surface area contributed by atoms with E-state index in [4.69, 9.17) is 4.98 Å². The highest BCUT2D eigenvalue weighted by molar-refractivity contribution is 5.74. The summed E-state index contributed by atoms with van der Waals surface area (Å²) in [5, 5.41) is 16.2. The molecule has 0 aromatic carbocycles. The lowest BCUT2D eigenvalue weighted by atomic mass is 9.99. The van der Waals surface area contributed by atoms with E-state index in [1.54, 1.807) is 14.0 Å². The molecule has 30 heavy (non-hydrogen) atoms. The van der Waals surface area contributed by atoms with Gasteiger partial charge in [0, 0.05) is 46.3 Å². The summed E-state index contributed by atoms with van der Waals surface area (Å²) in [6, 6.07) is 0. The second-order valence-electron chi connectivity index (χ2n) is 7.96. The molecule has 4 heterocycles. The van der Waals surface area contributed by atoms with E-state index in [0.29, 0.717) is 43.5 Å². The van der Waals surface area contributed by atoms with Gasteiger partial charge in [-0.25, -0.2) is 0 Å². The zero-order valence-corrected chi connectivity index (χ0v) is 17.5. The third-order valence-electron chi connectivity index (χ3n) is 6.07. The maximum Gasteiger partial charge on any atom is 0.308 e. The molecule has 4 rings (SSSR count). The molecule has 10 heteroatoms. The number of aliphatic carboxylic acids is 1. The van der Waals surface area contributed by atoms with Crippen molar-refractivity contribution in [1.82, 2.24) is 19.8 Å². The van der Waals surface area contributed by atoms with Gasteiger partial charge < -0.3 is 25.5 Å². The number of rotatable bonds is 4. The topological polar surface area (TPSA) is 106 Å². The Balaban J connectivity index is 1.69. The van der Waals surface area contributed by atoms with Crippen LogP contribution in [0.1, 0.15) is 19.8 Å². The third kappa shape index (κ3) is 3.70. The maximum atomic E-state index is 13.4. The molecule has 3 aliphatic heterocycles. The Kier molecular flexibility index (Phi) is 5.83. The summed E-state index contributed by atoms with van der Waals surface area (Å²) >= 11 is 0. The minimum atomic E-state index is -0.799. The van der Waals surface area contributed by atoms with E-state index < -0.39 is 11.9 Å². The van der Waals surface area contributed by atoms with Crippen molar-refractivity contribution in [2.45, 2.75) is 26.1 Å². The average molecular weight is 415 g/mol. The predicted molar refractivity (Wildman–Crippen MR) is 115 cm³/mol. The molecule has 1 aromatic rings. The molecule has 0 aliphatic carbocycles. The number of nitrogens with zero attached hydrogens (tertiary/aromatic N) is 5. The van der Waals surface area contributed by atoms with Gasteiger partial charge >= 0.3 is 5.97 Å². The van der Waals surface area contributed by atoms with Crippen molar-refractivity contribution in [2.24, 2.45) is 13.0 Å². The van der Waals surface area contributed by atoms with Gasteiger partial charge in [-0.15, -0.1) is 5.92 Å². The smallest absolute Gasteiger partial charge is 0.308 e. The highest BCUT2D eigenvalue weighted by atomic mass is 16.4. The zero-order chi connectivity index (χ0) is 21.3. The summed E-state index contributed by atoms with van der Waals surface area (Å²) in [5.74, 6) is 5.82. The number of fused-ring (bicyclic) bond motifs is 1. The fourth-order valence-corrected chi connectivity index (χ4v) is 4.45. The second kappa shape index (κ2) is 8.53. The number of nitrogens with one attached hydrogen (secondary N) is 2. The van der Waals surface area contributed by atoms with Crippen LogP contribution in [-0.2, 0) is 11.8 Å². The SMILES string of the molecule is CC#CCN1c2c(nc(N3CCCC(C(=O)O)C3)n(C)c2=O)NC1N1CCNCC1. The number of carboxylic acid groups (broad SMARTS) is 1. The lowest BCUT2D eigenvalue weighted by Crippen LogP contribution is -2.56. The zero-order valence-electron chi connectivity index (χ0n) is 17.5. The Morgan fingerprint density at radius 1 is 1.30 bits per heavy atom. The highest BCUT2D eigenvalue weighted by Gasteiger charge is 2.38. The van der Waals surface area contributed by atoms with E-state index >= 15 is 0 Å². The molecule has 3 N–H and O–H groups in total. The molecule has 2 saturated heterocycles. The summed E-state index contributed by atoms with van der Waals surface area (Å²) in [7, 11) is 1.71. The molecule has 2 unspecified atom stereocenters. The second-order valence-corrected chi connectivity index (χ2v) is 7.96. The fraction of sp³-hybridized carbons (Fsp3) is 0.650. The summed E-state index contributed by atoms with van der Waals surface area (Å²) in [4.78, 5) is 35.8. The minimum absolute atomic E-state index is 0.143. The van der Waals surface area contributed by atoms with Crippen molar-refractivity contribution >= 4 is 23.4 Å². The molecule has 10 nitrogen and oxygen atoms in total. The first kappa shape index (κ1) is 20.5. The number of hydrogen-bond acceptors (Lipinski definition) is 8. The van der Waals surface area contributed by atoms with E-state index in [1.807, 2.05) is 9.80 Å². The molecule has 0 amide bonds. The maximum absolute atomic E-state index is 13.4. The number of hydrogen-bond donors (Lipinski definition) is 3. The van der Waals surface area contributed by atoms with Crippen LogP contribution in [0.5, 0.6) is 0 Å². The van der Waals surface area contributed by atoms with E-state index in [-0.39, 0.29) is 11.8 Å². The Bertz CT molecular complexity index is 929. The van der Waals surface area contributed by atoms with Crippen LogP contribution >= 0.6 is 0 Å². The monoisotopic (exact) mass is 415 g/mol. The molecule has 162 valence electrons. The first-order valence-corrected chi connectivity index (χ1v) is 10.5. The third-order valence-corrected chi connectivity index (χ3v) is 6.07. The number of aromatic nitrogens is 2. The molecule has 0 bridgehead atoms. The summed E-state index contributed by atoms with van der Waals surface area (Å²) in [5.41, 5.74) is 0.384. The lowest BCUT2D eigenvalue weighted by Gasteiger charge is -2.37. The summed E-state index contributed by atoms with van der Waals surface area (Å²) < 4.78 is 1.54. The van der Waals surface area contributed by atoms with Crippen molar-refractivity contribution in [3.63, 3.8) is 0 Å². The Hall–Kier alpha value is -2.77. The van der Waals surface area contributed by atoms with E-state index in [2.05, 4.69) is 27.4 Å². The van der Waals surface area contributed by atoms with Gasteiger partial charge in [0.2, 0.25) is 5.95 Å². The summed E-state index contributed by atoms with van der Waals surface area (Å²) in [6.07, 6.45) is 1.24. The van der Waals surface area contributed by atoms with E-state index in [0.717, 1.165) is 32.6 Å². The predicted octanol–water partition coefficient (Wildman–Crippen LogP) is -0.475. The fourth-order valence-electron chi connectivity index (χ4n) is 4.45. The Morgan fingerprint density at radius 2 is 2.07 bits per heavy atom. The molecular formula is C20H29N7O3. The van der Waals surface area contributed by atoms with Gasteiger partial charge in [-0.2, -0.15) is 4.98 Å². The van der Waals surface area contributed by atoms with Crippen LogP contribution in [0.2, 0.25) is 0 Å². The minimum Gasteiger partial charge on any atom is -0.481 e. The first-order valence-electron chi connectivity index (χ1n) is 10.5. The van der Waals surface area contributed by atoms with Gasteiger partial charge in [0.25, 0.3) is 5.56 Å². The van der Waals surface area contributed by atoms with Crippen LogP contribution in [0.25, 0.3) is 0 Å². The van der Waals surface area contributed by atoms with Gasteiger partial charge in [0.1, 0.15) is 5.69 Å². The molecule has 1 aromatic heterocycles. The number of piperidine rings is 1. The lowest BCUT2D eigenvalue weighted by molar-refractivity contribution is -0.141. The Morgan fingerprint density at radius 3 is 2.77 bits per heavy atom. The quantitative estimate of drug-likeness (QED) is 0.563.